The molecule has 0 spiro atoms. The predicted molar refractivity (Wildman–Crippen MR) is 146 cm³/mol. The summed E-state index contributed by atoms with van der Waals surface area (Å²) in [6, 6.07) is -1.53. The smallest absolute Gasteiger partial charge is 0.305 e. The van der Waals surface area contributed by atoms with Gasteiger partial charge in [-0.15, -0.1) is 0 Å². The lowest BCUT2D eigenvalue weighted by Gasteiger charge is -2.27. The molecule has 14 heteroatoms. The van der Waals surface area contributed by atoms with Gasteiger partial charge in [0.1, 0.15) is 6.04 Å². The van der Waals surface area contributed by atoms with Gasteiger partial charge in [-0.2, -0.15) is 0 Å². The van der Waals surface area contributed by atoms with Crippen LogP contribution in [0.4, 0.5) is 0 Å². The normalized spacial score (nSPS) is 12.3. The second kappa shape index (κ2) is 18.8. The topological polar surface area (TPSA) is 247 Å². The van der Waals surface area contributed by atoms with Crippen molar-refractivity contribution in [3.05, 3.63) is 0 Å². The van der Waals surface area contributed by atoms with E-state index in [4.69, 9.17) is 28.3 Å². The summed E-state index contributed by atoms with van der Waals surface area (Å²) in [7, 11) is 0. The van der Waals surface area contributed by atoms with E-state index in [0.29, 0.717) is 38.1 Å². The number of nitrogens with zero attached hydrogens (tertiary/aromatic N) is 3. The molecule has 0 heterocycles. The fourth-order valence-electron chi connectivity index (χ4n) is 3.87. The number of amides is 3. The van der Waals surface area contributed by atoms with Gasteiger partial charge in [0.25, 0.3) is 5.91 Å². The number of nitrogens with one attached hydrogen (secondary N) is 2. The van der Waals surface area contributed by atoms with E-state index in [0.717, 1.165) is 17.7 Å². The highest BCUT2D eigenvalue weighted by atomic mass is 16.4. The number of carboxylic acid groups (broad SMARTS) is 1. The first-order chi connectivity index (χ1) is 17.8. The molecular weight excluding hydrogens is 494 g/mol. The van der Waals surface area contributed by atoms with Crippen molar-refractivity contribution in [1.82, 2.24) is 15.1 Å². The van der Waals surface area contributed by atoms with Gasteiger partial charge in [-0.25, -0.2) is 0 Å². The van der Waals surface area contributed by atoms with Crippen LogP contribution in [0.25, 0.3) is 0 Å². The van der Waals surface area contributed by atoms with Gasteiger partial charge >= 0.3 is 5.97 Å². The van der Waals surface area contributed by atoms with Gasteiger partial charge in [0, 0.05) is 32.1 Å². The molecule has 0 saturated heterocycles. The van der Waals surface area contributed by atoms with Gasteiger partial charge in [-0.1, -0.05) is 20.3 Å². The summed E-state index contributed by atoms with van der Waals surface area (Å²) in [6.45, 7) is 6.27. The Morgan fingerprint density at radius 1 is 1.05 bits per heavy atom. The number of unbranched alkanes of at least 4 members (excludes halogenated alkanes) is 2. The largest absolute Gasteiger partial charge is 0.481 e. The van der Waals surface area contributed by atoms with Crippen molar-refractivity contribution < 1.29 is 24.3 Å². The van der Waals surface area contributed by atoms with Gasteiger partial charge in [-0.3, -0.25) is 34.5 Å². The first-order valence-corrected chi connectivity index (χ1v) is 13.0. The Hall–Kier alpha value is -3.42. The second-order valence-corrected chi connectivity index (χ2v) is 9.65. The van der Waals surface area contributed by atoms with E-state index >= 15 is 0 Å². The summed E-state index contributed by atoms with van der Waals surface area (Å²) in [6.07, 6.45) is 3.40. The molecule has 0 aromatic rings. The third kappa shape index (κ3) is 15.6. The van der Waals surface area contributed by atoms with Gasteiger partial charge in [-0.05, 0) is 44.9 Å². The molecule has 14 nitrogen and oxygen atoms in total. The maximum Gasteiger partial charge on any atom is 0.305 e. The number of guanidine groups is 2. The molecule has 0 fully saturated rings. The second-order valence-electron chi connectivity index (χ2n) is 9.65. The summed E-state index contributed by atoms with van der Waals surface area (Å²) >= 11 is 0. The molecule has 11 N–H and O–H groups in total. The molecule has 0 radical (unpaired) electrons. The van der Waals surface area contributed by atoms with E-state index in [1.807, 2.05) is 0 Å². The lowest BCUT2D eigenvalue weighted by Crippen LogP contribution is -2.54. The van der Waals surface area contributed by atoms with E-state index < -0.39 is 36.2 Å². The molecule has 0 unspecified atom stereocenters. The van der Waals surface area contributed by atoms with Crippen molar-refractivity contribution in [2.24, 2.45) is 33.8 Å². The zero-order valence-electron chi connectivity index (χ0n) is 22.9. The molecule has 0 aliphatic heterocycles. The van der Waals surface area contributed by atoms with Gasteiger partial charge in [0.15, 0.2) is 11.9 Å². The highest BCUT2D eigenvalue weighted by molar-refractivity contribution is 6.00. The number of carbonyl (C=O) groups excluding carboxylic acids is 3. The molecule has 218 valence electrons. The molecular formula is C24H47N9O5. The zero-order valence-corrected chi connectivity index (χ0v) is 22.9. The predicted octanol–water partition coefficient (Wildman–Crippen LogP) is -0.496. The van der Waals surface area contributed by atoms with Gasteiger partial charge in [0.05, 0.1) is 13.0 Å². The molecule has 0 aliphatic rings. The van der Waals surface area contributed by atoms with Gasteiger partial charge in [0.2, 0.25) is 11.8 Å². The summed E-state index contributed by atoms with van der Waals surface area (Å²) in [4.78, 5) is 55.8. The minimum atomic E-state index is -1.45. The summed E-state index contributed by atoms with van der Waals surface area (Å²) in [5.41, 5.74) is 22.2. The SMILES string of the molecule is CCN(CC(=O)N[C@@H](CC(=O)O)C(=O)N(CCC[C@@H](N)CC(C)C)C(=N)N)C(=O)CCCCCN=C(N)N. The quantitative estimate of drug-likeness (QED) is 0.0631. The van der Waals surface area contributed by atoms with Crippen molar-refractivity contribution >= 4 is 35.6 Å². The van der Waals surface area contributed by atoms with E-state index in [1.54, 1.807) is 6.92 Å². The first kappa shape index (κ1) is 34.6. The molecule has 38 heavy (non-hydrogen) atoms. The molecule has 2 atom stereocenters. The minimum Gasteiger partial charge on any atom is -0.481 e. The maximum absolute atomic E-state index is 13.1. The lowest BCUT2D eigenvalue weighted by molar-refractivity contribution is -0.143. The van der Waals surface area contributed by atoms with Crippen molar-refractivity contribution in [3.8, 4) is 0 Å². The molecule has 0 aliphatic carbocycles. The molecule has 0 rings (SSSR count). The van der Waals surface area contributed by atoms with Crippen LogP contribution in [0.2, 0.25) is 0 Å². The molecule has 0 saturated carbocycles. The highest BCUT2D eigenvalue weighted by Crippen LogP contribution is 2.10. The Labute approximate surface area is 225 Å². The van der Waals surface area contributed by atoms with Crippen LogP contribution in [-0.4, -0.2) is 88.8 Å². The van der Waals surface area contributed by atoms with Crippen molar-refractivity contribution in [2.45, 2.75) is 84.2 Å². The van der Waals surface area contributed by atoms with Crippen LogP contribution in [0.3, 0.4) is 0 Å². The summed E-state index contributed by atoms with van der Waals surface area (Å²) in [5, 5.41) is 19.5. The van der Waals surface area contributed by atoms with E-state index in [-0.39, 0.29) is 44.0 Å². The van der Waals surface area contributed by atoms with Crippen LogP contribution in [0.15, 0.2) is 4.99 Å². The maximum atomic E-state index is 13.1. The number of aliphatic imine (C=N–C) groups is 1. The van der Waals surface area contributed by atoms with E-state index in [2.05, 4.69) is 24.2 Å². The highest BCUT2D eigenvalue weighted by Gasteiger charge is 2.30. The van der Waals surface area contributed by atoms with Crippen molar-refractivity contribution in [3.63, 3.8) is 0 Å². The van der Waals surface area contributed by atoms with Crippen LogP contribution in [0, 0.1) is 11.3 Å². The zero-order chi connectivity index (χ0) is 29.3. The van der Waals surface area contributed by atoms with Crippen LogP contribution >= 0.6 is 0 Å². The fourth-order valence-corrected chi connectivity index (χ4v) is 3.87. The Bertz CT molecular complexity index is 815. The number of nitrogens with two attached hydrogens (primary N) is 4. The van der Waals surface area contributed by atoms with E-state index in [9.17, 15) is 24.3 Å². The Kier molecular flexibility index (Phi) is 17.1. The number of aliphatic carboxylic acids is 1. The molecule has 3 amide bonds. The summed E-state index contributed by atoms with van der Waals surface area (Å²) < 4.78 is 0. The number of likely N-dealkylation sites (N-methyl/N-ethyl adjacent to an activating group) is 1. The Morgan fingerprint density at radius 2 is 1.71 bits per heavy atom. The Balaban J connectivity index is 5.06. The average Bonchev–Trinajstić information content (AvgIpc) is 2.80. The van der Waals surface area contributed by atoms with Crippen LogP contribution in [0.1, 0.15) is 72.1 Å². The van der Waals surface area contributed by atoms with Crippen molar-refractivity contribution in [2.75, 3.05) is 26.2 Å². The third-order valence-corrected chi connectivity index (χ3v) is 5.71. The molecule has 0 aromatic carbocycles. The number of carboxylic acids is 1. The number of hydrogen-bond acceptors (Lipinski definition) is 7. The summed E-state index contributed by atoms with van der Waals surface area (Å²) in [5.74, 6) is -3.17. The van der Waals surface area contributed by atoms with Crippen molar-refractivity contribution in [1.29, 1.82) is 5.41 Å². The minimum absolute atomic E-state index is 0.0150. The van der Waals surface area contributed by atoms with Crippen LogP contribution in [0.5, 0.6) is 0 Å². The average molecular weight is 542 g/mol. The standard InChI is InChI=1S/C24H47N9O5/c1-4-32(20(35)10-6-5-7-11-30-23(26)27)15-19(34)31-18(14-21(36)37)22(38)33(24(28)29)12-8-9-17(25)13-16(2)3/h16-18H,4-15,25H2,1-3H3,(H3,28,29)(H,31,34)(H,36,37)(H4,26,27,30)/t17-,18+/m1/s1. The number of hydrogen-bond donors (Lipinski definition) is 7. The monoisotopic (exact) mass is 541 g/mol. The fraction of sp³-hybridized carbons (Fsp3) is 0.750. The van der Waals surface area contributed by atoms with Gasteiger partial charge < -0.3 is 38.3 Å². The van der Waals surface area contributed by atoms with E-state index in [1.165, 1.54) is 4.90 Å². The lowest BCUT2D eigenvalue weighted by atomic mass is 10.0. The number of carbonyl (C=O) groups is 4. The third-order valence-electron chi connectivity index (χ3n) is 5.71. The molecule has 0 bridgehead atoms. The van der Waals surface area contributed by atoms with Crippen LogP contribution in [-0.2, 0) is 19.2 Å². The first-order valence-electron chi connectivity index (χ1n) is 13.0. The Morgan fingerprint density at radius 3 is 2.24 bits per heavy atom. The van der Waals surface area contributed by atoms with Crippen LogP contribution < -0.4 is 28.3 Å². The number of rotatable bonds is 19. The molecule has 0 aromatic heterocycles.